The van der Waals surface area contributed by atoms with Crippen molar-refractivity contribution in [3.63, 3.8) is 0 Å². The number of carbonyl (C=O) groups excluding carboxylic acids is 2. The first-order valence-corrected chi connectivity index (χ1v) is 10.0. The molecular formula is C23H24N2O4. The lowest BCUT2D eigenvalue weighted by Crippen LogP contribution is -2.48. The Bertz CT molecular complexity index is 941. The number of carbonyl (C=O) groups is 3. The molecule has 1 fully saturated rings. The lowest BCUT2D eigenvalue weighted by Gasteiger charge is -2.38. The molecule has 2 amide bonds. The van der Waals surface area contributed by atoms with Crippen molar-refractivity contribution in [1.29, 1.82) is 0 Å². The molecule has 0 spiro atoms. The van der Waals surface area contributed by atoms with Crippen LogP contribution in [0.4, 0.5) is 0 Å². The summed E-state index contributed by atoms with van der Waals surface area (Å²) in [4.78, 5) is 41.0. The van der Waals surface area contributed by atoms with E-state index in [4.69, 9.17) is 0 Å². The van der Waals surface area contributed by atoms with Gasteiger partial charge < -0.3 is 14.9 Å². The largest absolute Gasteiger partial charge is 0.478 e. The van der Waals surface area contributed by atoms with Crippen LogP contribution in [0.3, 0.4) is 0 Å². The minimum atomic E-state index is -0.975. The summed E-state index contributed by atoms with van der Waals surface area (Å²) < 4.78 is 0. The molecule has 1 unspecified atom stereocenters. The van der Waals surface area contributed by atoms with Gasteiger partial charge in [0.05, 0.1) is 5.56 Å². The molecule has 0 saturated carbocycles. The SMILES string of the molecule is O=C(O)c1ccc2c(c1)CN(C(=O)C(c1ccccc1)N1CCCCC1=O)CC2. The van der Waals surface area contributed by atoms with Crippen LogP contribution in [0.5, 0.6) is 0 Å². The van der Waals surface area contributed by atoms with Gasteiger partial charge in [-0.2, -0.15) is 0 Å². The van der Waals surface area contributed by atoms with E-state index in [0.717, 1.165) is 29.5 Å². The Labute approximate surface area is 169 Å². The summed E-state index contributed by atoms with van der Waals surface area (Å²) >= 11 is 0. The fourth-order valence-corrected chi connectivity index (χ4v) is 4.24. The molecule has 1 atom stereocenters. The summed E-state index contributed by atoms with van der Waals surface area (Å²) in [5.41, 5.74) is 2.98. The third kappa shape index (κ3) is 3.88. The van der Waals surface area contributed by atoms with E-state index in [0.29, 0.717) is 32.5 Å². The predicted octanol–water partition coefficient (Wildman–Crippen LogP) is 3.02. The van der Waals surface area contributed by atoms with Crippen LogP contribution in [0, 0.1) is 0 Å². The molecule has 1 saturated heterocycles. The maximum atomic E-state index is 13.6. The number of likely N-dealkylation sites (tertiary alicyclic amines) is 1. The fourth-order valence-electron chi connectivity index (χ4n) is 4.24. The fraction of sp³-hybridized carbons (Fsp3) is 0.348. The van der Waals surface area contributed by atoms with Crippen LogP contribution in [-0.2, 0) is 22.6 Å². The maximum absolute atomic E-state index is 13.6. The van der Waals surface area contributed by atoms with Crippen LogP contribution < -0.4 is 0 Å². The average molecular weight is 392 g/mol. The summed E-state index contributed by atoms with van der Waals surface area (Å²) in [6, 6.07) is 13.9. The highest BCUT2D eigenvalue weighted by molar-refractivity contribution is 5.90. The molecular weight excluding hydrogens is 368 g/mol. The Morgan fingerprint density at radius 3 is 2.45 bits per heavy atom. The molecule has 150 valence electrons. The minimum Gasteiger partial charge on any atom is -0.478 e. The Kier molecular flexibility index (Phi) is 5.34. The van der Waals surface area contributed by atoms with E-state index in [1.165, 1.54) is 0 Å². The number of hydrogen-bond acceptors (Lipinski definition) is 3. The summed E-state index contributed by atoms with van der Waals surface area (Å²) in [6.45, 7) is 1.50. The number of carboxylic acids is 1. The second-order valence-electron chi connectivity index (χ2n) is 7.66. The Morgan fingerprint density at radius 1 is 0.931 bits per heavy atom. The van der Waals surface area contributed by atoms with E-state index in [1.54, 1.807) is 21.9 Å². The maximum Gasteiger partial charge on any atom is 0.335 e. The lowest BCUT2D eigenvalue weighted by molar-refractivity contribution is -0.148. The van der Waals surface area contributed by atoms with Crippen molar-refractivity contribution >= 4 is 17.8 Å². The van der Waals surface area contributed by atoms with Crippen molar-refractivity contribution in [1.82, 2.24) is 9.80 Å². The zero-order chi connectivity index (χ0) is 20.4. The van der Waals surface area contributed by atoms with Gasteiger partial charge >= 0.3 is 5.97 Å². The number of benzene rings is 2. The van der Waals surface area contributed by atoms with E-state index < -0.39 is 12.0 Å². The van der Waals surface area contributed by atoms with Crippen LogP contribution >= 0.6 is 0 Å². The van der Waals surface area contributed by atoms with Crippen molar-refractivity contribution in [2.75, 3.05) is 13.1 Å². The molecule has 6 heteroatoms. The number of carboxylic acid groups (broad SMARTS) is 1. The molecule has 1 N–H and O–H groups in total. The van der Waals surface area contributed by atoms with Crippen molar-refractivity contribution < 1.29 is 19.5 Å². The number of amides is 2. The molecule has 4 rings (SSSR count). The highest BCUT2D eigenvalue weighted by Gasteiger charge is 2.36. The van der Waals surface area contributed by atoms with Gasteiger partial charge in [-0.1, -0.05) is 36.4 Å². The standard InChI is InChI=1S/C23H24N2O4/c26-20-8-4-5-12-25(20)21(17-6-2-1-3-7-17)22(27)24-13-11-16-9-10-18(23(28)29)14-19(16)15-24/h1-3,6-7,9-10,14,21H,4-5,8,11-13,15H2,(H,28,29). The van der Waals surface area contributed by atoms with Crippen LogP contribution in [0.1, 0.15) is 52.4 Å². The first-order valence-electron chi connectivity index (χ1n) is 10.0. The molecule has 2 aromatic carbocycles. The third-order valence-corrected chi connectivity index (χ3v) is 5.80. The number of aromatic carboxylic acids is 1. The zero-order valence-corrected chi connectivity index (χ0v) is 16.2. The van der Waals surface area contributed by atoms with E-state index in [1.807, 2.05) is 36.4 Å². The van der Waals surface area contributed by atoms with Gasteiger partial charge in [0.15, 0.2) is 0 Å². The molecule has 0 aliphatic carbocycles. The number of piperidine rings is 1. The molecule has 0 radical (unpaired) electrons. The molecule has 6 nitrogen and oxygen atoms in total. The first kappa shape index (κ1) is 19.2. The Hall–Kier alpha value is -3.15. The zero-order valence-electron chi connectivity index (χ0n) is 16.2. The molecule has 2 aliphatic rings. The average Bonchev–Trinajstić information content (AvgIpc) is 2.75. The second kappa shape index (κ2) is 8.07. The van der Waals surface area contributed by atoms with E-state index in [2.05, 4.69) is 0 Å². The van der Waals surface area contributed by atoms with Crippen molar-refractivity contribution in [2.45, 2.75) is 38.3 Å². The van der Waals surface area contributed by atoms with Gasteiger partial charge in [0.1, 0.15) is 6.04 Å². The predicted molar refractivity (Wildman–Crippen MR) is 107 cm³/mol. The number of rotatable bonds is 4. The van der Waals surface area contributed by atoms with E-state index in [-0.39, 0.29) is 17.4 Å². The van der Waals surface area contributed by atoms with Gasteiger partial charge in [0, 0.05) is 26.1 Å². The summed E-state index contributed by atoms with van der Waals surface area (Å²) in [5, 5.41) is 9.27. The Balaban J connectivity index is 1.63. The van der Waals surface area contributed by atoms with Gasteiger partial charge in [-0.3, -0.25) is 9.59 Å². The number of fused-ring (bicyclic) bond motifs is 1. The first-order chi connectivity index (χ1) is 14.0. The van der Waals surface area contributed by atoms with E-state index >= 15 is 0 Å². The minimum absolute atomic E-state index is 0.0176. The quantitative estimate of drug-likeness (QED) is 0.868. The van der Waals surface area contributed by atoms with Gasteiger partial charge in [-0.05, 0) is 48.1 Å². The van der Waals surface area contributed by atoms with Gasteiger partial charge in [-0.25, -0.2) is 4.79 Å². The third-order valence-electron chi connectivity index (χ3n) is 5.80. The van der Waals surface area contributed by atoms with Crippen molar-refractivity contribution in [3.05, 3.63) is 70.8 Å². The molecule has 2 aliphatic heterocycles. The van der Waals surface area contributed by atoms with Gasteiger partial charge in [-0.15, -0.1) is 0 Å². The highest BCUT2D eigenvalue weighted by Crippen LogP contribution is 2.30. The topological polar surface area (TPSA) is 77.9 Å². The smallest absolute Gasteiger partial charge is 0.335 e. The van der Waals surface area contributed by atoms with Crippen LogP contribution in [0.25, 0.3) is 0 Å². The summed E-state index contributed by atoms with van der Waals surface area (Å²) in [7, 11) is 0. The molecule has 2 aromatic rings. The second-order valence-corrected chi connectivity index (χ2v) is 7.66. The molecule has 2 heterocycles. The van der Waals surface area contributed by atoms with Crippen LogP contribution in [0.15, 0.2) is 48.5 Å². The van der Waals surface area contributed by atoms with Crippen molar-refractivity contribution in [3.8, 4) is 0 Å². The normalized spacial score (nSPS) is 17.6. The Morgan fingerprint density at radius 2 is 1.72 bits per heavy atom. The van der Waals surface area contributed by atoms with Gasteiger partial charge in [0.25, 0.3) is 0 Å². The monoisotopic (exact) mass is 392 g/mol. The molecule has 0 bridgehead atoms. The summed E-state index contributed by atoms with van der Waals surface area (Å²) in [6.07, 6.45) is 2.91. The lowest BCUT2D eigenvalue weighted by atomic mass is 9.95. The number of nitrogens with zero attached hydrogens (tertiary/aromatic N) is 2. The van der Waals surface area contributed by atoms with Crippen LogP contribution in [-0.4, -0.2) is 45.8 Å². The molecule has 29 heavy (non-hydrogen) atoms. The van der Waals surface area contributed by atoms with Gasteiger partial charge in [0.2, 0.25) is 11.8 Å². The van der Waals surface area contributed by atoms with Crippen molar-refractivity contribution in [2.24, 2.45) is 0 Å². The molecule has 0 aromatic heterocycles. The number of hydrogen-bond donors (Lipinski definition) is 1. The highest BCUT2D eigenvalue weighted by atomic mass is 16.4. The van der Waals surface area contributed by atoms with Crippen LogP contribution in [0.2, 0.25) is 0 Å². The summed E-state index contributed by atoms with van der Waals surface area (Å²) in [5.74, 6) is -1.06. The van der Waals surface area contributed by atoms with E-state index in [9.17, 15) is 19.5 Å².